The Morgan fingerprint density at radius 3 is 2.32 bits per heavy atom. The van der Waals surface area contributed by atoms with Gasteiger partial charge in [0, 0.05) is 12.5 Å². The van der Waals surface area contributed by atoms with E-state index in [4.69, 9.17) is 9.47 Å². The lowest BCUT2D eigenvalue weighted by Crippen LogP contribution is -2.12. The SMILES string of the molecule is CCCCCCCCCCC#CCOC(=O)CCC(=O)Oc1cccc(F)c1. The molecule has 0 atom stereocenters. The summed E-state index contributed by atoms with van der Waals surface area (Å²) < 4.78 is 22.9. The van der Waals surface area contributed by atoms with Crippen LogP contribution in [0.1, 0.15) is 77.6 Å². The van der Waals surface area contributed by atoms with Gasteiger partial charge in [-0.1, -0.05) is 69.8 Å². The molecule has 0 saturated heterocycles. The summed E-state index contributed by atoms with van der Waals surface area (Å²) in [7, 11) is 0. The molecule has 0 radical (unpaired) electrons. The maximum Gasteiger partial charge on any atom is 0.311 e. The molecule has 0 N–H and O–H groups in total. The minimum atomic E-state index is -0.608. The number of rotatable bonds is 13. The third kappa shape index (κ3) is 12.9. The van der Waals surface area contributed by atoms with Gasteiger partial charge in [-0.2, -0.15) is 0 Å². The normalized spacial score (nSPS) is 10.1. The molecule has 0 aliphatic carbocycles. The first-order chi connectivity index (χ1) is 13.6. The molecule has 0 unspecified atom stereocenters. The molecule has 4 nitrogen and oxygen atoms in total. The fourth-order valence-electron chi connectivity index (χ4n) is 2.59. The van der Waals surface area contributed by atoms with Gasteiger partial charge in [0.1, 0.15) is 11.6 Å². The molecule has 5 heteroatoms. The fraction of sp³-hybridized carbons (Fsp3) is 0.565. The van der Waals surface area contributed by atoms with Crippen LogP contribution in [0.25, 0.3) is 0 Å². The first-order valence-corrected chi connectivity index (χ1v) is 10.2. The van der Waals surface area contributed by atoms with Crippen LogP contribution >= 0.6 is 0 Å². The molecule has 0 heterocycles. The number of ether oxygens (including phenoxy) is 2. The second-order valence-electron chi connectivity index (χ2n) is 6.67. The number of hydrogen-bond donors (Lipinski definition) is 0. The van der Waals surface area contributed by atoms with Gasteiger partial charge in [-0.25, -0.2) is 4.39 Å². The molecule has 154 valence electrons. The van der Waals surface area contributed by atoms with Gasteiger partial charge in [0.05, 0.1) is 12.8 Å². The minimum absolute atomic E-state index is 0.0365. The summed E-state index contributed by atoms with van der Waals surface area (Å²) in [5.74, 6) is 4.33. The highest BCUT2D eigenvalue weighted by Gasteiger charge is 2.10. The predicted molar refractivity (Wildman–Crippen MR) is 107 cm³/mol. The van der Waals surface area contributed by atoms with Crippen molar-refractivity contribution in [2.45, 2.75) is 77.6 Å². The number of benzene rings is 1. The van der Waals surface area contributed by atoms with Crippen molar-refractivity contribution in [1.29, 1.82) is 0 Å². The van der Waals surface area contributed by atoms with E-state index in [1.54, 1.807) is 0 Å². The molecule has 1 aromatic carbocycles. The molecule has 0 aromatic heterocycles. The summed E-state index contributed by atoms with van der Waals surface area (Å²) in [5.41, 5.74) is 0. The summed E-state index contributed by atoms with van der Waals surface area (Å²) in [6.07, 6.45) is 10.7. The maximum absolute atomic E-state index is 13.0. The average Bonchev–Trinajstić information content (AvgIpc) is 2.67. The summed E-state index contributed by atoms with van der Waals surface area (Å²) in [5, 5.41) is 0. The average molecular weight is 390 g/mol. The number of esters is 2. The molecule has 1 rings (SSSR count). The fourth-order valence-corrected chi connectivity index (χ4v) is 2.59. The lowest BCUT2D eigenvalue weighted by Gasteiger charge is -2.04. The zero-order valence-corrected chi connectivity index (χ0v) is 16.8. The molecule has 28 heavy (non-hydrogen) atoms. The van der Waals surface area contributed by atoms with Crippen LogP contribution in [0.4, 0.5) is 4.39 Å². The summed E-state index contributed by atoms with van der Waals surface area (Å²) >= 11 is 0. The zero-order valence-electron chi connectivity index (χ0n) is 16.8. The van der Waals surface area contributed by atoms with E-state index in [2.05, 4.69) is 18.8 Å². The second-order valence-corrected chi connectivity index (χ2v) is 6.67. The van der Waals surface area contributed by atoms with Crippen molar-refractivity contribution in [2.24, 2.45) is 0 Å². The smallest absolute Gasteiger partial charge is 0.311 e. The lowest BCUT2D eigenvalue weighted by atomic mass is 10.1. The van der Waals surface area contributed by atoms with Crippen molar-refractivity contribution in [1.82, 2.24) is 0 Å². The summed E-state index contributed by atoms with van der Waals surface area (Å²) in [4.78, 5) is 23.2. The van der Waals surface area contributed by atoms with Crippen molar-refractivity contribution in [3.8, 4) is 17.6 Å². The molecule has 0 saturated carbocycles. The summed E-state index contributed by atoms with van der Waals surface area (Å²) in [6, 6.07) is 5.28. The molecule has 0 fully saturated rings. The van der Waals surface area contributed by atoms with Crippen LogP contribution in [-0.2, 0) is 14.3 Å². The molecule has 0 spiro atoms. The Kier molecular flexibility index (Phi) is 13.3. The van der Waals surface area contributed by atoms with Crippen LogP contribution in [0.15, 0.2) is 24.3 Å². The van der Waals surface area contributed by atoms with E-state index in [1.807, 2.05) is 0 Å². The molecular formula is C23H31FO4. The largest absolute Gasteiger partial charge is 0.452 e. The van der Waals surface area contributed by atoms with Crippen LogP contribution in [0, 0.1) is 17.7 Å². The van der Waals surface area contributed by atoms with E-state index in [0.717, 1.165) is 18.9 Å². The predicted octanol–water partition coefficient (Wildman–Crippen LogP) is 5.59. The Labute approximate surface area is 167 Å². The van der Waals surface area contributed by atoms with Crippen molar-refractivity contribution in [3.05, 3.63) is 30.1 Å². The van der Waals surface area contributed by atoms with Gasteiger partial charge in [-0.15, -0.1) is 0 Å². The number of halogens is 1. The minimum Gasteiger partial charge on any atom is -0.452 e. The van der Waals surface area contributed by atoms with Gasteiger partial charge < -0.3 is 9.47 Å². The van der Waals surface area contributed by atoms with E-state index < -0.39 is 17.8 Å². The van der Waals surface area contributed by atoms with E-state index in [0.29, 0.717) is 0 Å². The molecule has 0 aliphatic rings. The van der Waals surface area contributed by atoms with Gasteiger partial charge in [0.2, 0.25) is 0 Å². The maximum atomic E-state index is 13.0. The second kappa shape index (κ2) is 15.7. The van der Waals surface area contributed by atoms with Crippen molar-refractivity contribution in [3.63, 3.8) is 0 Å². The quantitative estimate of drug-likeness (QED) is 0.191. The monoisotopic (exact) mass is 390 g/mol. The van der Waals surface area contributed by atoms with Crippen molar-refractivity contribution < 1.29 is 23.5 Å². The topological polar surface area (TPSA) is 52.6 Å². The number of carbonyl (C=O) groups excluding carboxylic acids is 2. The summed E-state index contributed by atoms with van der Waals surface area (Å²) in [6.45, 7) is 2.26. The Morgan fingerprint density at radius 1 is 0.929 bits per heavy atom. The Bertz CT molecular complexity index is 645. The van der Waals surface area contributed by atoms with Crippen molar-refractivity contribution in [2.75, 3.05) is 6.61 Å². The first-order valence-electron chi connectivity index (χ1n) is 10.2. The third-order valence-corrected chi connectivity index (χ3v) is 4.15. The van der Waals surface area contributed by atoms with Crippen LogP contribution in [0.5, 0.6) is 5.75 Å². The molecule has 0 bridgehead atoms. The standard InChI is InChI=1S/C23H31FO4/c1-2-3-4-5-6-7-8-9-10-11-12-18-27-22(25)16-17-23(26)28-21-15-13-14-20(24)19-21/h13-15,19H,2-10,16-18H2,1H3. The Hall–Kier alpha value is -2.35. The number of hydrogen-bond acceptors (Lipinski definition) is 4. The van der Waals surface area contributed by atoms with Gasteiger partial charge in [0.15, 0.2) is 6.61 Å². The molecule has 0 aliphatic heterocycles. The zero-order chi connectivity index (χ0) is 20.5. The highest BCUT2D eigenvalue weighted by atomic mass is 19.1. The van der Waals surface area contributed by atoms with Gasteiger partial charge in [-0.05, 0) is 18.6 Å². The molecular weight excluding hydrogens is 359 g/mol. The van der Waals surface area contributed by atoms with E-state index in [-0.39, 0.29) is 25.2 Å². The highest BCUT2D eigenvalue weighted by molar-refractivity contribution is 5.79. The Balaban J connectivity index is 2.00. The lowest BCUT2D eigenvalue weighted by molar-refractivity contribution is -0.145. The van der Waals surface area contributed by atoms with Gasteiger partial charge >= 0.3 is 11.9 Å². The van der Waals surface area contributed by atoms with Crippen molar-refractivity contribution >= 4 is 11.9 Å². The van der Waals surface area contributed by atoms with E-state index in [1.165, 1.54) is 63.1 Å². The first kappa shape index (κ1) is 23.7. The Morgan fingerprint density at radius 2 is 1.61 bits per heavy atom. The molecule has 1 aromatic rings. The van der Waals surface area contributed by atoms with Crippen LogP contribution in [0.2, 0.25) is 0 Å². The number of carbonyl (C=O) groups is 2. The van der Waals surface area contributed by atoms with E-state index in [9.17, 15) is 14.0 Å². The van der Waals surface area contributed by atoms with Crippen LogP contribution in [0.3, 0.4) is 0 Å². The number of unbranched alkanes of at least 4 members (excludes halogenated alkanes) is 8. The highest BCUT2D eigenvalue weighted by Crippen LogP contribution is 2.13. The van der Waals surface area contributed by atoms with Gasteiger partial charge in [0.25, 0.3) is 0 Å². The van der Waals surface area contributed by atoms with E-state index >= 15 is 0 Å². The molecule has 0 amide bonds. The van der Waals surface area contributed by atoms with Crippen LogP contribution < -0.4 is 4.74 Å². The van der Waals surface area contributed by atoms with Crippen LogP contribution in [-0.4, -0.2) is 18.5 Å². The third-order valence-electron chi connectivity index (χ3n) is 4.15. The van der Waals surface area contributed by atoms with Gasteiger partial charge in [-0.3, -0.25) is 9.59 Å².